The van der Waals surface area contributed by atoms with Gasteiger partial charge in [0.15, 0.2) is 11.6 Å². The number of carbonyl (C=O) groups is 1. The summed E-state index contributed by atoms with van der Waals surface area (Å²) in [6.45, 7) is 1.08. The Balaban J connectivity index is 1.85. The Hall–Kier alpha value is -2.40. The van der Waals surface area contributed by atoms with Crippen LogP contribution in [0.2, 0.25) is 0 Å². The fourth-order valence-corrected chi connectivity index (χ4v) is 3.07. The number of amides is 1. The van der Waals surface area contributed by atoms with Gasteiger partial charge in [0.05, 0.1) is 13.2 Å². The number of halogens is 1. The van der Waals surface area contributed by atoms with E-state index in [0.717, 1.165) is 11.1 Å². The Morgan fingerprint density at radius 1 is 1.30 bits per heavy atom. The number of ether oxygens (including phenoxy) is 1. The van der Waals surface area contributed by atoms with Crippen molar-refractivity contribution in [1.29, 1.82) is 0 Å². The zero-order chi connectivity index (χ0) is 16.4. The van der Waals surface area contributed by atoms with Crippen molar-refractivity contribution in [1.82, 2.24) is 4.90 Å². The van der Waals surface area contributed by atoms with E-state index in [1.807, 2.05) is 29.2 Å². The number of benzene rings is 2. The molecule has 1 aliphatic rings. The number of methoxy groups -OCH3 is 1. The second kappa shape index (κ2) is 6.38. The standard InChI is InChI=1S/C18H19FN2O2/c1-23-17-7-6-12(8-15(17)19)10-21-11-14-5-3-2-4-13(14)9-16(21)18(20)22/h2-8,16H,9-11H2,1H3,(H2,20,22)/t16-/m0/s1. The molecule has 0 fully saturated rings. The van der Waals surface area contributed by atoms with Gasteiger partial charge in [0.2, 0.25) is 5.91 Å². The largest absolute Gasteiger partial charge is 0.494 e. The first-order valence-corrected chi connectivity index (χ1v) is 7.51. The molecule has 3 rings (SSSR count). The van der Waals surface area contributed by atoms with E-state index in [2.05, 4.69) is 0 Å². The van der Waals surface area contributed by atoms with E-state index in [1.165, 1.54) is 18.7 Å². The van der Waals surface area contributed by atoms with E-state index in [1.54, 1.807) is 12.1 Å². The molecule has 4 nitrogen and oxygen atoms in total. The van der Waals surface area contributed by atoms with Crippen molar-refractivity contribution < 1.29 is 13.9 Å². The van der Waals surface area contributed by atoms with Gasteiger partial charge < -0.3 is 10.5 Å². The summed E-state index contributed by atoms with van der Waals surface area (Å²) < 4.78 is 18.8. The van der Waals surface area contributed by atoms with Gasteiger partial charge >= 0.3 is 0 Å². The Labute approximate surface area is 134 Å². The topological polar surface area (TPSA) is 55.6 Å². The summed E-state index contributed by atoms with van der Waals surface area (Å²) in [5.41, 5.74) is 8.68. The molecule has 0 aliphatic carbocycles. The molecule has 1 aliphatic heterocycles. The molecule has 0 bridgehead atoms. The molecule has 0 radical (unpaired) electrons. The lowest BCUT2D eigenvalue weighted by atomic mass is 9.93. The average Bonchev–Trinajstić information content (AvgIpc) is 2.54. The fraction of sp³-hybridized carbons (Fsp3) is 0.278. The number of hydrogen-bond donors (Lipinski definition) is 1. The van der Waals surface area contributed by atoms with Crippen LogP contribution in [0.1, 0.15) is 16.7 Å². The summed E-state index contributed by atoms with van der Waals surface area (Å²) in [5.74, 6) is -0.546. The fourth-order valence-electron chi connectivity index (χ4n) is 3.07. The Morgan fingerprint density at radius 3 is 2.70 bits per heavy atom. The average molecular weight is 314 g/mol. The smallest absolute Gasteiger partial charge is 0.235 e. The van der Waals surface area contributed by atoms with Gasteiger partial charge in [-0.1, -0.05) is 30.3 Å². The van der Waals surface area contributed by atoms with E-state index in [0.29, 0.717) is 19.5 Å². The van der Waals surface area contributed by atoms with Crippen LogP contribution in [-0.2, 0) is 24.3 Å². The van der Waals surface area contributed by atoms with Crippen molar-refractivity contribution >= 4 is 5.91 Å². The van der Waals surface area contributed by atoms with Crippen molar-refractivity contribution in [2.24, 2.45) is 5.73 Å². The second-order valence-corrected chi connectivity index (χ2v) is 5.76. The monoisotopic (exact) mass is 314 g/mol. The first-order valence-electron chi connectivity index (χ1n) is 7.51. The Morgan fingerprint density at radius 2 is 2.04 bits per heavy atom. The quantitative estimate of drug-likeness (QED) is 0.942. The third-order valence-corrected chi connectivity index (χ3v) is 4.28. The number of nitrogens with two attached hydrogens (primary N) is 1. The molecule has 23 heavy (non-hydrogen) atoms. The molecule has 0 aromatic heterocycles. The Bertz CT molecular complexity index is 733. The lowest BCUT2D eigenvalue weighted by molar-refractivity contribution is -0.124. The molecule has 0 saturated heterocycles. The molecule has 120 valence electrons. The predicted octanol–water partition coefficient (Wildman–Crippen LogP) is 2.25. The van der Waals surface area contributed by atoms with Gasteiger partial charge in [-0.25, -0.2) is 4.39 Å². The first kappa shape index (κ1) is 15.5. The minimum Gasteiger partial charge on any atom is -0.494 e. The van der Waals surface area contributed by atoms with E-state index in [-0.39, 0.29) is 17.7 Å². The van der Waals surface area contributed by atoms with Crippen LogP contribution >= 0.6 is 0 Å². The second-order valence-electron chi connectivity index (χ2n) is 5.76. The third kappa shape index (κ3) is 3.19. The van der Waals surface area contributed by atoms with E-state index in [4.69, 9.17) is 10.5 Å². The number of fused-ring (bicyclic) bond motifs is 1. The molecule has 1 heterocycles. The highest BCUT2D eigenvalue weighted by Crippen LogP contribution is 2.26. The van der Waals surface area contributed by atoms with E-state index >= 15 is 0 Å². The molecular formula is C18H19FN2O2. The van der Waals surface area contributed by atoms with Crippen LogP contribution in [0.25, 0.3) is 0 Å². The van der Waals surface area contributed by atoms with Crippen LogP contribution in [0, 0.1) is 5.82 Å². The van der Waals surface area contributed by atoms with Crippen molar-refractivity contribution in [3.8, 4) is 5.75 Å². The summed E-state index contributed by atoms with van der Waals surface area (Å²) in [6, 6.07) is 12.5. The van der Waals surface area contributed by atoms with Gasteiger partial charge in [-0.3, -0.25) is 9.69 Å². The summed E-state index contributed by atoms with van der Waals surface area (Å²) in [6.07, 6.45) is 0.587. The molecule has 0 saturated carbocycles. The molecule has 2 N–H and O–H groups in total. The molecular weight excluding hydrogens is 295 g/mol. The molecule has 0 spiro atoms. The summed E-state index contributed by atoms with van der Waals surface area (Å²) >= 11 is 0. The molecule has 1 amide bonds. The highest BCUT2D eigenvalue weighted by Gasteiger charge is 2.29. The van der Waals surface area contributed by atoms with Crippen LogP contribution in [0.4, 0.5) is 4.39 Å². The number of rotatable bonds is 4. The van der Waals surface area contributed by atoms with E-state index < -0.39 is 5.82 Å². The predicted molar refractivity (Wildman–Crippen MR) is 85.3 cm³/mol. The SMILES string of the molecule is COc1ccc(CN2Cc3ccccc3C[C@H]2C(N)=O)cc1F. The zero-order valence-electron chi connectivity index (χ0n) is 13.0. The van der Waals surface area contributed by atoms with Crippen LogP contribution in [0.3, 0.4) is 0 Å². The normalized spacial score (nSPS) is 17.6. The summed E-state index contributed by atoms with van der Waals surface area (Å²) in [4.78, 5) is 13.8. The van der Waals surface area contributed by atoms with Gasteiger partial charge in [0, 0.05) is 13.1 Å². The van der Waals surface area contributed by atoms with Crippen LogP contribution in [0.5, 0.6) is 5.75 Å². The minimum atomic E-state index is -0.405. The maximum atomic E-state index is 13.9. The third-order valence-electron chi connectivity index (χ3n) is 4.28. The zero-order valence-corrected chi connectivity index (χ0v) is 13.0. The lowest BCUT2D eigenvalue weighted by Crippen LogP contribution is -2.48. The number of carbonyl (C=O) groups excluding carboxylic acids is 1. The van der Waals surface area contributed by atoms with Crippen LogP contribution in [0.15, 0.2) is 42.5 Å². The maximum Gasteiger partial charge on any atom is 0.235 e. The molecule has 1 atom stereocenters. The van der Waals surface area contributed by atoms with Gasteiger partial charge in [-0.2, -0.15) is 0 Å². The molecule has 2 aromatic rings. The number of hydrogen-bond acceptors (Lipinski definition) is 3. The summed E-state index contributed by atoms with van der Waals surface area (Å²) in [5, 5.41) is 0. The molecule has 0 unspecified atom stereocenters. The van der Waals surface area contributed by atoms with Crippen molar-refractivity contribution in [3.05, 3.63) is 65.0 Å². The summed E-state index contributed by atoms with van der Waals surface area (Å²) in [7, 11) is 1.43. The Kier molecular flexibility index (Phi) is 4.30. The van der Waals surface area contributed by atoms with E-state index in [9.17, 15) is 9.18 Å². The minimum absolute atomic E-state index is 0.212. The van der Waals surface area contributed by atoms with Gasteiger partial charge in [-0.15, -0.1) is 0 Å². The highest BCUT2D eigenvalue weighted by atomic mass is 19.1. The van der Waals surface area contributed by atoms with Crippen molar-refractivity contribution in [3.63, 3.8) is 0 Å². The van der Waals surface area contributed by atoms with Gasteiger partial charge in [0.1, 0.15) is 0 Å². The van der Waals surface area contributed by atoms with Crippen molar-refractivity contribution in [2.75, 3.05) is 7.11 Å². The number of primary amides is 1. The van der Waals surface area contributed by atoms with Crippen LogP contribution < -0.4 is 10.5 Å². The molecule has 5 heteroatoms. The maximum absolute atomic E-state index is 13.9. The highest BCUT2D eigenvalue weighted by molar-refractivity contribution is 5.80. The number of nitrogens with zero attached hydrogens (tertiary/aromatic N) is 1. The van der Waals surface area contributed by atoms with Gasteiger partial charge in [-0.05, 0) is 35.2 Å². The molecule has 2 aromatic carbocycles. The van der Waals surface area contributed by atoms with Crippen LogP contribution in [-0.4, -0.2) is 24.0 Å². The van der Waals surface area contributed by atoms with Crippen molar-refractivity contribution in [2.45, 2.75) is 25.6 Å². The lowest BCUT2D eigenvalue weighted by Gasteiger charge is -2.35. The first-order chi connectivity index (χ1) is 11.1. The van der Waals surface area contributed by atoms with Gasteiger partial charge in [0.25, 0.3) is 0 Å².